The van der Waals surface area contributed by atoms with Gasteiger partial charge in [0.05, 0.1) is 11.6 Å². The SMILES string of the molecule is O=C(NC(=NC1CCC(Nc2ncccn2)CC1)Nc1cc(F)cc(Cl)c1)c1ccc(C(F)(F)F)cc1. The summed E-state index contributed by atoms with van der Waals surface area (Å²) in [5.41, 5.74) is -0.597. The number of rotatable bonds is 5. The number of carbonyl (C=O) groups is 1. The molecule has 1 fully saturated rings. The van der Waals surface area contributed by atoms with Crippen LogP contribution in [0.25, 0.3) is 0 Å². The lowest BCUT2D eigenvalue weighted by atomic mass is 9.91. The predicted molar refractivity (Wildman–Crippen MR) is 133 cm³/mol. The highest BCUT2D eigenvalue weighted by molar-refractivity contribution is 6.31. The van der Waals surface area contributed by atoms with Crippen molar-refractivity contribution >= 4 is 35.1 Å². The van der Waals surface area contributed by atoms with E-state index in [4.69, 9.17) is 11.6 Å². The second-order valence-corrected chi connectivity index (χ2v) is 8.95. The number of guanidine groups is 1. The molecule has 194 valence electrons. The number of alkyl halides is 3. The third-order valence-electron chi connectivity index (χ3n) is 5.74. The number of hydrogen-bond acceptors (Lipinski definition) is 5. The second kappa shape index (κ2) is 11.5. The summed E-state index contributed by atoms with van der Waals surface area (Å²) < 4.78 is 52.5. The van der Waals surface area contributed by atoms with Crippen molar-refractivity contribution in [1.82, 2.24) is 15.3 Å². The van der Waals surface area contributed by atoms with Gasteiger partial charge in [-0.3, -0.25) is 10.1 Å². The molecule has 0 spiro atoms. The number of anilines is 2. The number of amides is 1. The lowest BCUT2D eigenvalue weighted by Crippen LogP contribution is -2.38. The summed E-state index contributed by atoms with van der Waals surface area (Å²) in [7, 11) is 0. The first kappa shape index (κ1) is 26.3. The van der Waals surface area contributed by atoms with Crippen molar-refractivity contribution < 1.29 is 22.4 Å². The van der Waals surface area contributed by atoms with Crippen LogP contribution in [0.2, 0.25) is 5.02 Å². The molecule has 0 saturated heterocycles. The third-order valence-corrected chi connectivity index (χ3v) is 5.96. The fraction of sp³-hybridized carbons (Fsp3) is 0.280. The number of carbonyl (C=O) groups excluding carboxylic acids is 1. The van der Waals surface area contributed by atoms with Crippen molar-refractivity contribution in [2.24, 2.45) is 4.99 Å². The van der Waals surface area contributed by atoms with Gasteiger partial charge in [-0.2, -0.15) is 13.2 Å². The van der Waals surface area contributed by atoms with Gasteiger partial charge in [0.25, 0.3) is 5.91 Å². The quantitative estimate of drug-likeness (QED) is 0.215. The average molecular weight is 535 g/mol. The molecule has 1 heterocycles. The van der Waals surface area contributed by atoms with Crippen LogP contribution in [-0.2, 0) is 6.18 Å². The van der Waals surface area contributed by atoms with Crippen LogP contribution in [0.1, 0.15) is 41.6 Å². The van der Waals surface area contributed by atoms with E-state index in [0.717, 1.165) is 43.2 Å². The third kappa shape index (κ3) is 7.63. The van der Waals surface area contributed by atoms with E-state index in [0.29, 0.717) is 18.8 Å². The van der Waals surface area contributed by atoms with Gasteiger partial charge in [0.15, 0.2) is 0 Å². The van der Waals surface area contributed by atoms with Gasteiger partial charge in [0.2, 0.25) is 11.9 Å². The Bertz CT molecular complexity index is 1230. The van der Waals surface area contributed by atoms with Crippen LogP contribution in [0, 0.1) is 5.82 Å². The summed E-state index contributed by atoms with van der Waals surface area (Å²) in [6.07, 6.45) is 1.73. The molecule has 0 atom stereocenters. The highest BCUT2D eigenvalue weighted by Gasteiger charge is 2.30. The minimum atomic E-state index is -4.51. The van der Waals surface area contributed by atoms with Crippen molar-refractivity contribution in [2.45, 2.75) is 43.9 Å². The Morgan fingerprint density at radius 1 is 1.00 bits per heavy atom. The zero-order chi connectivity index (χ0) is 26.4. The molecule has 3 aromatic rings. The van der Waals surface area contributed by atoms with Crippen LogP contribution in [0.15, 0.2) is 65.9 Å². The van der Waals surface area contributed by atoms with Crippen LogP contribution in [0.5, 0.6) is 0 Å². The van der Waals surface area contributed by atoms with Crippen LogP contribution in [0.3, 0.4) is 0 Å². The Hall–Kier alpha value is -3.73. The largest absolute Gasteiger partial charge is 0.416 e. The fourth-order valence-corrected chi connectivity index (χ4v) is 4.16. The van der Waals surface area contributed by atoms with Crippen molar-refractivity contribution in [1.29, 1.82) is 0 Å². The predicted octanol–water partition coefficient (Wildman–Crippen LogP) is 5.91. The number of benzene rings is 2. The number of halogens is 5. The molecule has 1 aromatic heterocycles. The van der Waals surface area contributed by atoms with Gasteiger partial charge in [-0.1, -0.05) is 11.6 Å². The van der Waals surface area contributed by atoms with Crippen molar-refractivity contribution in [3.05, 3.63) is 82.9 Å². The van der Waals surface area contributed by atoms with E-state index >= 15 is 0 Å². The average Bonchev–Trinajstić information content (AvgIpc) is 2.85. The number of aliphatic imine (C=N–C) groups is 1. The monoisotopic (exact) mass is 534 g/mol. The molecule has 12 heteroatoms. The van der Waals surface area contributed by atoms with Crippen LogP contribution in [-0.4, -0.2) is 33.9 Å². The van der Waals surface area contributed by atoms with E-state index in [1.54, 1.807) is 18.5 Å². The molecule has 4 rings (SSSR count). The number of aromatic nitrogens is 2. The van der Waals surface area contributed by atoms with Gasteiger partial charge in [-0.05, 0) is 74.2 Å². The molecule has 0 unspecified atom stereocenters. The van der Waals surface area contributed by atoms with E-state index in [2.05, 4.69) is 30.9 Å². The van der Waals surface area contributed by atoms with Crippen LogP contribution in [0.4, 0.5) is 29.2 Å². The molecule has 1 saturated carbocycles. The van der Waals surface area contributed by atoms with Gasteiger partial charge in [0.1, 0.15) is 5.82 Å². The minimum absolute atomic E-state index is 0.00976. The van der Waals surface area contributed by atoms with Gasteiger partial charge in [-0.25, -0.2) is 19.4 Å². The highest BCUT2D eigenvalue weighted by atomic mass is 35.5. The minimum Gasteiger partial charge on any atom is -0.351 e. The molecule has 3 N–H and O–H groups in total. The van der Waals surface area contributed by atoms with E-state index < -0.39 is 23.5 Å². The molecule has 0 aliphatic heterocycles. The lowest BCUT2D eigenvalue weighted by molar-refractivity contribution is -0.137. The molecular weight excluding hydrogens is 512 g/mol. The Morgan fingerprint density at radius 2 is 1.68 bits per heavy atom. The Kier molecular flexibility index (Phi) is 8.22. The molecule has 1 amide bonds. The topological polar surface area (TPSA) is 91.3 Å². The van der Waals surface area contributed by atoms with Gasteiger partial charge in [-0.15, -0.1) is 0 Å². The normalized spacial score (nSPS) is 18.2. The molecule has 7 nitrogen and oxygen atoms in total. The van der Waals surface area contributed by atoms with Gasteiger partial charge < -0.3 is 10.6 Å². The van der Waals surface area contributed by atoms with Crippen LogP contribution < -0.4 is 16.0 Å². The van der Waals surface area contributed by atoms with E-state index in [1.807, 2.05) is 0 Å². The first-order chi connectivity index (χ1) is 17.7. The molecule has 37 heavy (non-hydrogen) atoms. The standard InChI is InChI=1S/C25H23ClF4N6O/c26-17-12-18(27)14-21(13-17)35-24(36-22(37)15-2-4-16(5-3-15)25(28,29)30)34-20-8-6-19(7-9-20)33-23-31-10-1-11-32-23/h1-5,10-14,19-20H,6-9H2,(H,31,32,33)(H2,34,35,36,37). The van der Waals surface area contributed by atoms with Gasteiger partial charge >= 0.3 is 6.18 Å². The first-order valence-corrected chi connectivity index (χ1v) is 11.9. The molecule has 1 aliphatic carbocycles. The Balaban J connectivity index is 1.47. The Morgan fingerprint density at radius 3 is 2.30 bits per heavy atom. The summed E-state index contributed by atoms with van der Waals surface area (Å²) in [6.45, 7) is 0. The maximum absolute atomic E-state index is 13.9. The summed E-state index contributed by atoms with van der Waals surface area (Å²) >= 11 is 5.94. The van der Waals surface area contributed by atoms with Crippen molar-refractivity contribution in [2.75, 3.05) is 10.6 Å². The maximum atomic E-state index is 13.9. The maximum Gasteiger partial charge on any atom is 0.416 e. The second-order valence-electron chi connectivity index (χ2n) is 8.51. The number of hydrogen-bond donors (Lipinski definition) is 3. The molecule has 1 aliphatic rings. The summed E-state index contributed by atoms with van der Waals surface area (Å²) in [6, 6.07) is 9.34. The number of nitrogens with zero attached hydrogens (tertiary/aromatic N) is 3. The molecule has 0 bridgehead atoms. The highest BCUT2D eigenvalue weighted by Crippen LogP contribution is 2.29. The van der Waals surface area contributed by atoms with E-state index in [9.17, 15) is 22.4 Å². The Labute approximate surface area is 215 Å². The van der Waals surface area contributed by atoms with Crippen molar-refractivity contribution in [3.63, 3.8) is 0 Å². The molecule has 0 radical (unpaired) electrons. The van der Waals surface area contributed by atoms with Crippen LogP contribution >= 0.6 is 11.6 Å². The summed E-state index contributed by atoms with van der Waals surface area (Å²) in [5, 5.41) is 8.90. The van der Waals surface area contributed by atoms with Crippen molar-refractivity contribution in [3.8, 4) is 0 Å². The van der Waals surface area contributed by atoms with Gasteiger partial charge in [0, 0.05) is 34.7 Å². The smallest absolute Gasteiger partial charge is 0.351 e. The zero-order valence-electron chi connectivity index (χ0n) is 19.4. The van der Waals surface area contributed by atoms with E-state index in [1.165, 1.54) is 12.1 Å². The molecular formula is C25H23ClF4N6O. The number of nitrogens with one attached hydrogen (secondary N) is 3. The fourth-order valence-electron chi connectivity index (χ4n) is 3.94. The zero-order valence-corrected chi connectivity index (χ0v) is 20.2. The molecule has 2 aromatic carbocycles. The summed E-state index contributed by atoms with van der Waals surface area (Å²) in [4.78, 5) is 25.8. The first-order valence-electron chi connectivity index (χ1n) is 11.5. The van der Waals surface area contributed by atoms with E-state index in [-0.39, 0.29) is 34.3 Å². The summed E-state index contributed by atoms with van der Waals surface area (Å²) in [5.74, 6) is -0.671. The lowest BCUT2D eigenvalue weighted by Gasteiger charge is -2.27.